The Morgan fingerprint density at radius 2 is 2.04 bits per heavy atom. The maximum absolute atomic E-state index is 12.5. The standard InChI is InChI=1S/C15H18ClN3O6/c1-9(15(22)23)18(6-5-17-10(2)20)14(21)7-11-3-4-12(19(24)25)8-13(11)16/h3-4,8-9H,5-7H2,1-2H3,(H,17,20)(H,22,23). The summed E-state index contributed by atoms with van der Waals surface area (Å²) in [6.45, 7) is 2.78. The highest BCUT2D eigenvalue weighted by atomic mass is 35.5. The molecule has 2 N–H and O–H groups in total. The summed E-state index contributed by atoms with van der Waals surface area (Å²) in [5, 5.41) is 22.4. The van der Waals surface area contributed by atoms with Gasteiger partial charge in [0.05, 0.1) is 16.4 Å². The number of nitro groups is 1. The molecule has 0 saturated carbocycles. The Morgan fingerprint density at radius 3 is 2.52 bits per heavy atom. The number of nitro benzene ring substituents is 1. The second-order valence-corrected chi connectivity index (χ2v) is 5.70. The van der Waals surface area contributed by atoms with Crippen LogP contribution in [0.2, 0.25) is 5.02 Å². The van der Waals surface area contributed by atoms with Crippen LogP contribution in [0.4, 0.5) is 5.69 Å². The van der Waals surface area contributed by atoms with Crippen LogP contribution in [0.25, 0.3) is 0 Å². The van der Waals surface area contributed by atoms with Crippen LogP contribution in [-0.4, -0.2) is 51.8 Å². The molecule has 0 aromatic heterocycles. The summed E-state index contributed by atoms with van der Waals surface area (Å²) in [6.07, 6.45) is -0.214. The first-order valence-electron chi connectivity index (χ1n) is 7.33. The third-order valence-electron chi connectivity index (χ3n) is 3.46. The number of carbonyl (C=O) groups is 3. The van der Waals surface area contributed by atoms with Crippen LogP contribution in [-0.2, 0) is 20.8 Å². The molecule has 2 amide bonds. The molecule has 0 aliphatic carbocycles. The van der Waals surface area contributed by atoms with Crippen molar-refractivity contribution in [2.75, 3.05) is 13.1 Å². The smallest absolute Gasteiger partial charge is 0.326 e. The zero-order chi connectivity index (χ0) is 19.1. The van der Waals surface area contributed by atoms with Gasteiger partial charge in [0, 0.05) is 32.1 Å². The molecule has 1 aromatic carbocycles. The van der Waals surface area contributed by atoms with Crippen molar-refractivity contribution in [1.29, 1.82) is 0 Å². The second-order valence-electron chi connectivity index (χ2n) is 5.29. The van der Waals surface area contributed by atoms with Gasteiger partial charge in [-0.1, -0.05) is 17.7 Å². The predicted octanol–water partition coefficient (Wildman–Crippen LogP) is 1.23. The molecular weight excluding hydrogens is 354 g/mol. The molecule has 1 atom stereocenters. The average Bonchev–Trinajstić information content (AvgIpc) is 2.52. The molecule has 1 aromatic rings. The topological polar surface area (TPSA) is 130 Å². The average molecular weight is 372 g/mol. The molecule has 9 nitrogen and oxygen atoms in total. The fraction of sp³-hybridized carbons (Fsp3) is 0.400. The highest BCUT2D eigenvalue weighted by Crippen LogP contribution is 2.23. The van der Waals surface area contributed by atoms with E-state index in [0.717, 1.165) is 11.0 Å². The van der Waals surface area contributed by atoms with Crippen LogP contribution >= 0.6 is 11.6 Å². The van der Waals surface area contributed by atoms with Gasteiger partial charge in [0.15, 0.2) is 0 Å². The minimum Gasteiger partial charge on any atom is -0.480 e. The van der Waals surface area contributed by atoms with Gasteiger partial charge in [-0.25, -0.2) is 4.79 Å². The van der Waals surface area contributed by atoms with E-state index in [0.29, 0.717) is 5.56 Å². The molecule has 0 radical (unpaired) electrons. The second kappa shape index (κ2) is 8.97. The molecule has 136 valence electrons. The molecule has 0 heterocycles. The van der Waals surface area contributed by atoms with Gasteiger partial charge in [-0.2, -0.15) is 0 Å². The Bertz CT molecular complexity index is 694. The zero-order valence-corrected chi connectivity index (χ0v) is 14.4. The first kappa shape index (κ1) is 20.4. The van der Waals surface area contributed by atoms with E-state index in [4.69, 9.17) is 16.7 Å². The number of nitrogens with zero attached hydrogens (tertiary/aromatic N) is 2. The van der Waals surface area contributed by atoms with Crippen LogP contribution in [0.5, 0.6) is 0 Å². The molecule has 25 heavy (non-hydrogen) atoms. The molecule has 0 saturated heterocycles. The summed E-state index contributed by atoms with van der Waals surface area (Å²) in [7, 11) is 0. The molecule has 0 aliphatic rings. The fourth-order valence-electron chi connectivity index (χ4n) is 2.08. The number of amides is 2. The Kier molecular flexibility index (Phi) is 7.31. The van der Waals surface area contributed by atoms with Crippen LogP contribution < -0.4 is 5.32 Å². The largest absolute Gasteiger partial charge is 0.480 e. The van der Waals surface area contributed by atoms with Gasteiger partial charge in [-0.15, -0.1) is 0 Å². The first-order chi connectivity index (χ1) is 11.6. The van der Waals surface area contributed by atoms with E-state index in [9.17, 15) is 24.5 Å². The van der Waals surface area contributed by atoms with E-state index in [1.54, 1.807) is 0 Å². The zero-order valence-electron chi connectivity index (χ0n) is 13.7. The SMILES string of the molecule is CC(=O)NCCN(C(=O)Cc1ccc([N+](=O)[O-])cc1Cl)C(C)C(=O)O. The van der Waals surface area contributed by atoms with Gasteiger partial charge in [-0.05, 0) is 12.5 Å². The highest BCUT2D eigenvalue weighted by molar-refractivity contribution is 6.31. The molecule has 0 fully saturated rings. The lowest BCUT2D eigenvalue weighted by atomic mass is 10.1. The number of rotatable bonds is 8. The Labute approximate surface area is 148 Å². The number of hydrogen-bond acceptors (Lipinski definition) is 5. The van der Waals surface area contributed by atoms with Crippen molar-refractivity contribution in [1.82, 2.24) is 10.2 Å². The van der Waals surface area contributed by atoms with E-state index in [-0.39, 0.29) is 36.1 Å². The summed E-state index contributed by atoms with van der Waals surface area (Å²) in [5.41, 5.74) is 0.141. The third-order valence-corrected chi connectivity index (χ3v) is 3.81. The monoisotopic (exact) mass is 371 g/mol. The van der Waals surface area contributed by atoms with Crippen molar-refractivity contribution in [2.45, 2.75) is 26.3 Å². The normalized spacial score (nSPS) is 11.5. The molecule has 0 aliphatic heterocycles. The highest BCUT2D eigenvalue weighted by Gasteiger charge is 2.26. The lowest BCUT2D eigenvalue weighted by Crippen LogP contribution is -2.47. The quantitative estimate of drug-likeness (QED) is 0.522. The van der Waals surface area contributed by atoms with Gasteiger partial charge in [0.1, 0.15) is 6.04 Å². The Morgan fingerprint density at radius 1 is 1.40 bits per heavy atom. The number of nitrogens with one attached hydrogen (secondary N) is 1. The number of carboxylic acids is 1. The summed E-state index contributed by atoms with van der Waals surface area (Å²) in [5.74, 6) is -2.00. The van der Waals surface area contributed by atoms with E-state index in [1.165, 1.54) is 26.0 Å². The van der Waals surface area contributed by atoms with Crippen LogP contribution in [0, 0.1) is 10.1 Å². The lowest BCUT2D eigenvalue weighted by molar-refractivity contribution is -0.384. The summed E-state index contributed by atoms with van der Waals surface area (Å²) >= 11 is 5.96. The molecule has 0 bridgehead atoms. The fourth-order valence-corrected chi connectivity index (χ4v) is 2.32. The van der Waals surface area contributed by atoms with E-state index in [2.05, 4.69) is 5.32 Å². The van der Waals surface area contributed by atoms with Crippen LogP contribution in [0.15, 0.2) is 18.2 Å². The number of carbonyl (C=O) groups excluding carboxylic acids is 2. The number of aliphatic carboxylic acids is 1. The number of non-ortho nitro benzene ring substituents is 1. The number of carboxylic acid groups (broad SMARTS) is 1. The number of hydrogen-bond donors (Lipinski definition) is 2. The van der Waals surface area contributed by atoms with Gasteiger partial charge in [0.25, 0.3) is 5.69 Å². The van der Waals surface area contributed by atoms with Crippen molar-refractivity contribution in [3.8, 4) is 0 Å². The van der Waals surface area contributed by atoms with Crippen molar-refractivity contribution in [3.63, 3.8) is 0 Å². The van der Waals surface area contributed by atoms with E-state index >= 15 is 0 Å². The first-order valence-corrected chi connectivity index (χ1v) is 7.70. The van der Waals surface area contributed by atoms with Crippen molar-refractivity contribution >= 4 is 35.1 Å². The molecular formula is C15H18ClN3O6. The van der Waals surface area contributed by atoms with E-state index in [1.807, 2.05) is 0 Å². The van der Waals surface area contributed by atoms with E-state index < -0.39 is 22.8 Å². The molecule has 0 spiro atoms. The van der Waals surface area contributed by atoms with Gasteiger partial charge < -0.3 is 15.3 Å². The van der Waals surface area contributed by atoms with Gasteiger partial charge >= 0.3 is 5.97 Å². The molecule has 1 rings (SSSR count). The summed E-state index contributed by atoms with van der Waals surface area (Å²) < 4.78 is 0. The summed E-state index contributed by atoms with van der Waals surface area (Å²) in [6, 6.07) is 2.61. The van der Waals surface area contributed by atoms with Gasteiger partial charge in [-0.3, -0.25) is 19.7 Å². The van der Waals surface area contributed by atoms with Crippen molar-refractivity contribution < 1.29 is 24.4 Å². The Balaban J connectivity index is 2.91. The van der Waals surface area contributed by atoms with Crippen LogP contribution in [0.3, 0.4) is 0 Å². The maximum atomic E-state index is 12.5. The Hall–Kier alpha value is -2.68. The minimum atomic E-state index is -1.19. The predicted molar refractivity (Wildman–Crippen MR) is 89.3 cm³/mol. The lowest BCUT2D eigenvalue weighted by Gasteiger charge is -2.27. The van der Waals surface area contributed by atoms with Crippen molar-refractivity contribution in [2.24, 2.45) is 0 Å². The summed E-state index contributed by atoms with van der Waals surface area (Å²) in [4.78, 5) is 45.8. The van der Waals surface area contributed by atoms with Crippen LogP contribution in [0.1, 0.15) is 19.4 Å². The number of halogens is 1. The number of benzene rings is 1. The molecule has 1 unspecified atom stereocenters. The van der Waals surface area contributed by atoms with Gasteiger partial charge in [0.2, 0.25) is 11.8 Å². The minimum absolute atomic E-state index is 0.0104. The molecule has 10 heteroatoms. The van der Waals surface area contributed by atoms with Crippen molar-refractivity contribution in [3.05, 3.63) is 38.9 Å². The third kappa shape index (κ3) is 6.03. The maximum Gasteiger partial charge on any atom is 0.326 e.